The van der Waals surface area contributed by atoms with E-state index in [-0.39, 0.29) is 0 Å². The SMILES string of the molecule is Clc1cccc(C(CC2CNCCN2CC(c2cccc(Cl)c2)C2CCCCC2)C2CCCCC2)c1. The third-order valence-corrected chi connectivity index (χ3v) is 9.89. The summed E-state index contributed by atoms with van der Waals surface area (Å²) in [5.74, 6) is 2.72. The Morgan fingerprint density at radius 1 is 0.750 bits per heavy atom. The van der Waals surface area contributed by atoms with Crippen molar-refractivity contribution >= 4 is 23.2 Å². The smallest absolute Gasteiger partial charge is 0.0408 e. The number of rotatable bonds is 8. The van der Waals surface area contributed by atoms with Crippen LogP contribution >= 0.6 is 23.2 Å². The number of hydrogen-bond acceptors (Lipinski definition) is 2. The molecule has 3 atom stereocenters. The van der Waals surface area contributed by atoms with E-state index in [1.165, 1.54) is 81.8 Å². The molecule has 2 aromatic rings. The molecule has 2 aliphatic carbocycles. The molecule has 2 saturated carbocycles. The summed E-state index contributed by atoms with van der Waals surface area (Å²) in [5, 5.41) is 5.51. The molecule has 0 bridgehead atoms. The summed E-state index contributed by atoms with van der Waals surface area (Å²) in [5.41, 5.74) is 2.91. The normalized spacial score (nSPS) is 24.4. The molecule has 36 heavy (non-hydrogen) atoms. The van der Waals surface area contributed by atoms with Gasteiger partial charge in [-0.3, -0.25) is 4.90 Å². The Balaban J connectivity index is 1.38. The van der Waals surface area contributed by atoms with Crippen LogP contribution in [0.1, 0.15) is 93.6 Å². The lowest BCUT2D eigenvalue weighted by atomic mass is 9.73. The number of piperazine rings is 1. The third-order valence-electron chi connectivity index (χ3n) is 9.42. The van der Waals surface area contributed by atoms with Crippen LogP contribution in [0.5, 0.6) is 0 Å². The summed E-state index contributed by atoms with van der Waals surface area (Å²) in [4.78, 5) is 2.84. The highest BCUT2D eigenvalue weighted by atomic mass is 35.5. The monoisotopic (exact) mass is 526 g/mol. The van der Waals surface area contributed by atoms with Crippen LogP contribution in [0.4, 0.5) is 0 Å². The molecule has 0 spiro atoms. The maximum atomic E-state index is 6.50. The molecule has 4 heteroatoms. The van der Waals surface area contributed by atoms with Crippen molar-refractivity contribution in [1.29, 1.82) is 0 Å². The molecule has 2 nitrogen and oxygen atoms in total. The number of hydrogen-bond donors (Lipinski definition) is 1. The van der Waals surface area contributed by atoms with Crippen molar-refractivity contribution in [1.82, 2.24) is 10.2 Å². The molecule has 3 unspecified atom stereocenters. The van der Waals surface area contributed by atoms with Crippen molar-refractivity contribution in [3.63, 3.8) is 0 Å². The van der Waals surface area contributed by atoms with Gasteiger partial charge in [0.2, 0.25) is 0 Å². The average molecular weight is 528 g/mol. The molecule has 3 aliphatic rings. The Labute approximate surface area is 229 Å². The van der Waals surface area contributed by atoms with Gasteiger partial charge in [0.1, 0.15) is 0 Å². The van der Waals surface area contributed by atoms with Gasteiger partial charge >= 0.3 is 0 Å². The molecular formula is C32H44Cl2N2. The minimum atomic E-state index is 0.565. The Morgan fingerprint density at radius 3 is 1.89 bits per heavy atom. The van der Waals surface area contributed by atoms with Gasteiger partial charge in [0.25, 0.3) is 0 Å². The lowest BCUT2D eigenvalue weighted by molar-refractivity contribution is 0.110. The summed E-state index contributed by atoms with van der Waals surface area (Å²) in [6.45, 7) is 4.48. The number of nitrogens with one attached hydrogen (secondary N) is 1. The summed E-state index contributed by atoms with van der Waals surface area (Å²) in [7, 11) is 0. The quantitative estimate of drug-likeness (QED) is 0.369. The van der Waals surface area contributed by atoms with E-state index in [1.807, 2.05) is 12.1 Å². The fourth-order valence-corrected chi connectivity index (χ4v) is 7.89. The first-order valence-corrected chi connectivity index (χ1v) is 15.4. The highest BCUT2D eigenvalue weighted by Crippen LogP contribution is 2.42. The molecule has 1 saturated heterocycles. The van der Waals surface area contributed by atoms with Crippen LogP contribution in [0.3, 0.4) is 0 Å². The average Bonchev–Trinajstić information content (AvgIpc) is 2.92. The fourth-order valence-electron chi connectivity index (χ4n) is 7.50. The lowest BCUT2D eigenvalue weighted by Crippen LogP contribution is -2.53. The molecule has 0 amide bonds. The molecular weight excluding hydrogens is 483 g/mol. The van der Waals surface area contributed by atoms with Crippen molar-refractivity contribution in [3.05, 3.63) is 69.7 Å². The highest BCUT2D eigenvalue weighted by molar-refractivity contribution is 6.30. The van der Waals surface area contributed by atoms with Gasteiger partial charge in [-0.15, -0.1) is 0 Å². The minimum absolute atomic E-state index is 0.565. The highest BCUT2D eigenvalue weighted by Gasteiger charge is 2.34. The molecule has 0 radical (unpaired) electrons. The summed E-state index contributed by atoms with van der Waals surface area (Å²) in [6, 6.07) is 18.1. The predicted octanol–water partition coefficient (Wildman–Crippen LogP) is 8.69. The van der Waals surface area contributed by atoms with Crippen molar-refractivity contribution < 1.29 is 0 Å². The van der Waals surface area contributed by atoms with E-state index in [4.69, 9.17) is 23.2 Å². The van der Waals surface area contributed by atoms with Crippen LogP contribution < -0.4 is 5.32 Å². The summed E-state index contributed by atoms with van der Waals surface area (Å²) >= 11 is 13.0. The van der Waals surface area contributed by atoms with E-state index >= 15 is 0 Å². The Hall–Kier alpha value is -1.06. The van der Waals surface area contributed by atoms with Crippen molar-refractivity contribution in [3.8, 4) is 0 Å². The van der Waals surface area contributed by atoms with E-state index in [0.717, 1.165) is 48.1 Å². The van der Waals surface area contributed by atoms with E-state index in [9.17, 15) is 0 Å². The van der Waals surface area contributed by atoms with Crippen molar-refractivity contribution in [2.75, 3.05) is 26.2 Å². The number of benzene rings is 2. The minimum Gasteiger partial charge on any atom is -0.314 e. The molecule has 5 rings (SSSR count). The van der Waals surface area contributed by atoms with E-state index in [1.54, 1.807) is 0 Å². The van der Waals surface area contributed by atoms with Crippen molar-refractivity contribution in [2.45, 2.75) is 88.5 Å². The molecule has 0 aromatic heterocycles. The van der Waals surface area contributed by atoms with Crippen LogP contribution in [0.25, 0.3) is 0 Å². The van der Waals surface area contributed by atoms with Gasteiger partial charge in [0, 0.05) is 42.3 Å². The molecule has 2 aromatic carbocycles. The third kappa shape index (κ3) is 6.87. The van der Waals surface area contributed by atoms with Gasteiger partial charge in [-0.05, 0) is 91.2 Å². The predicted molar refractivity (Wildman–Crippen MR) is 154 cm³/mol. The Bertz CT molecular complexity index is 873. The second-order valence-electron chi connectivity index (χ2n) is 11.7. The second kappa shape index (κ2) is 13.1. The van der Waals surface area contributed by atoms with E-state index in [0.29, 0.717) is 17.9 Å². The number of nitrogens with zero attached hydrogens (tertiary/aromatic N) is 1. The van der Waals surface area contributed by atoms with Crippen molar-refractivity contribution in [2.24, 2.45) is 11.8 Å². The van der Waals surface area contributed by atoms with Gasteiger partial charge < -0.3 is 5.32 Å². The van der Waals surface area contributed by atoms with Gasteiger partial charge in [-0.1, -0.05) is 86.0 Å². The second-order valence-corrected chi connectivity index (χ2v) is 12.6. The van der Waals surface area contributed by atoms with E-state index < -0.39 is 0 Å². The topological polar surface area (TPSA) is 15.3 Å². The molecule has 3 fully saturated rings. The molecule has 1 N–H and O–H groups in total. The molecule has 1 aliphatic heterocycles. The van der Waals surface area contributed by atoms with Crippen LogP contribution in [-0.2, 0) is 0 Å². The Morgan fingerprint density at radius 2 is 1.31 bits per heavy atom. The zero-order valence-electron chi connectivity index (χ0n) is 21.8. The first-order chi connectivity index (χ1) is 17.7. The van der Waals surface area contributed by atoms with Crippen LogP contribution in [0.15, 0.2) is 48.5 Å². The molecule has 1 heterocycles. The lowest BCUT2D eigenvalue weighted by Gasteiger charge is -2.43. The van der Waals surface area contributed by atoms with E-state index in [2.05, 4.69) is 46.6 Å². The van der Waals surface area contributed by atoms with Gasteiger partial charge in [-0.2, -0.15) is 0 Å². The zero-order chi connectivity index (χ0) is 24.7. The first kappa shape index (κ1) is 26.5. The van der Waals surface area contributed by atoms with Crippen LogP contribution in [0, 0.1) is 11.8 Å². The van der Waals surface area contributed by atoms with Crippen LogP contribution in [-0.4, -0.2) is 37.1 Å². The maximum absolute atomic E-state index is 6.50. The molecule has 196 valence electrons. The Kier molecular flexibility index (Phi) is 9.69. The van der Waals surface area contributed by atoms with Gasteiger partial charge in [-0.25, -0.2) is 0 Å². The largest absolute Gasteiger partial charge is 0.314 e. The number of halogens is 2. The maximum Gasteiger partial charge on any atom is 0.0408 e. The van der Waals surface area contributed by atoms with Gasteiger partial charge in [0.15, 0.2) is 0 Å². The summed E-state index contributed by atoms with van der Waals surface area (Å²) in [6.07, 6.45) is 15.0. The van der Waals surface area contributed by atoms with Gasteiger partial charge in [0.05, 0.1) is 0 Å². The summed E-state index contributed by atoms with van der Waals surface area (Å²) < 4.78 is 0. The first-order valence-electron chi connectivity index (χ1n) is 14.6. The fraction of sp³-hybridized carbons (Fsp3) is 0.625. The van der Waals surface area contributed by atoms with Crippen LogP contribution in [0.2, 0.25) is 10.0 Å². The standard InChI is InChI=1S/C32H44Cl2N2/c33-28-15-7-13-26(19-28)31(24-9-3-1-4-10-24)21-30-22-35-17-18-36(30)23-32(25-11-5-2-6-12-25)27-14-8-16-29(34)20-27/h7-8,13-16,19-20,24-25,30-32,35H,1-6,9-12,17-18,21-23H2. The zero-order valence-corrected chi connectivity index (χ0v) is 23.3.